The van der Waals surface area contributed by atoms with Crippen molar-refractivity contribution in [2.24, 2.45) is 0 Å². The van der Waals surface area contributed by atoms with Gasteiger partial charge in [0.05, 0.1) is 18.4 Å². The predicted octanol–water partition coefficient (Wildman–Crippen LogP) is 4.37. The second-order valence-corrected chi connectivity index (χ2v) is 6.54. The lowest BCUT2D eigenvalue weighted by atomic mass is 10.0. The molecule has 1 heterocycles. The first kappa shape index (κ1) is 19.3. The summed E-state index contributed by atoms with van der Waals surface area (Å²) in [5.41, 5.74) is 1.11. The predicted molar refractivity (Wildman–Crippen MR) is 109 cm³/mol. The number of ether oxygens (including phenoxy) is 1. The normalized spacial score (nSPS) is 13.8. The van der Waals surface area contributed by atoms with Crippen molar-refractivity contribution in [3.8, 4) is 5.75 Å². The van der Waals surface area contributed by atoms with Crippen LogP contribution in [0.5, 0.6) is 5.75 Å². The molecule has 1 N–H and O–H groups in total. The second kappa shape index (κ2) is 7.79. The van der Waals surface area contributed by atoms with Gasteiger partial charge in [0.15, 0.2) is 0 Å². The van der Waals surface area contributed by atoms with Gasteiger partial charge >= 0.3 is 0 Å². The maximum absolute atomic E-state index is 13.7. The summed E-state index contributed by atoms with van der Waals surface area (Å²) < 4.78 is 32.2. The summed E-state index contributed by atoms with van der Waals surface area (Å²) >= 11 is 0. The van der Waals surface area contributed by atoms with Crippen LogP contribution in [0.25, 0.3) is 5.57 Å². The molecule has 7 heteroatoms. The molecule has 1 aliphatic rings. The van der Waals surface area contributed by atoms with Gasteiger partial charge in [0.2, 0.25) is 0 Å². The minimum Gasteiger partial charge on any atom is -0.497 e. The number of nitrogens with one attached hydrogen (secondary N) is 1. The molecule has 0 bridgehead atoms. The van der Waals surface area contributed by atoms with Gasteiger partial charge in [-0.3, -0.25) is 9.59 Å². The molecule has 0 spiro atoms. The Bertz CT molecular complexity index is 1160. The Hall–Kier alpha value is -4.00. The minimum absolute atomic E-state index is 0.0148. The number of halogens is 2. The fraction of sp³-hybridized carbons (Fsp3) is 0.0435. The maximum atomic E-state index is 13.7. The van der Waals surface area contributed by atoms with E-state index < -0.39 is 23.4 Å². The van der Waals surface area contributed by atoms with E-state index in [2.05, 4.69) is 5.32 Å². The van der Waals surface area contributed by atoms with E-state index in [4.69, 9.17) is 4.74 Å². The molecule has 5 nitrogen and oxygen atoms in total. The van der Waals surface area contributed by atoms with Crippen LogP contribution in [0.15, 0.2) is 78.5 Å². The van der Waals surface area contributed by atoms with Crippen LogP contribution in [0.4, 0.5) is 20.2 Å². The highest BCUT2D eigenvalue weighted by Gasteiger charge is 2.40. The highest BCUT2D eigenvalue weighted by atomic mass is 19.1. The number of anilines is 2. The lowest BCUT2D eigenvalue weighted by Gasteiger charge is -2.15. The van der Waals surface area contributed by atoms with Gasteiger partial charge in [0.25, 0.3) is 11.8 Å². The van der Waals surface area contributed by atoms with Gasteiger partial charge in [-0.1, -0.05) is 18.2 Å². The molecule has 4 rings (SSSR count). The van der Waals surface area contributed by atoms with Crippen molar-refractivity contribution in [3.63, 3.8) is 0 Å². The third-order valence-corrected chi connectivity index (χ3v) is 4.64. The fourth-order valence-corrected chi connectivity index (χ4v) is 3.20. The Morgan fingerprint density at radius 3 is 2.17 bits per heavy atom. The average molecular weight is 406 g/mol. The van der Waals surface area contributed by atoms with Crippen LogP contribution in [-0.4, -0.2) is 18.9 Å². The van der Waals surface area contributed by atoms with Gasteiger partial charge in [-0.2, -0.15) is 0 Å². The van der Waals surface area contributed by atoms with Crippen LogP contribution >= 0.6 is 0 Å². The van der Waals surface area contributed by atoms with Crippen LogP contribution in [0, 0.1) is 11.6 Å². The zero-order valence-electron chi connectivity index (χ0n) is 15.9. The molecule has 0 aromatic heterocycles. The van der Waals surface area contributed by atoms with Gasteiger partial charge in [0, 0.05) is 5.69 Å². The molecule has 1 aliphatic heterocycles. The summed E-state index contributed by atoms with van der Waals surface area (Å²) in [4.78, 5) is 27.3. The Balaban J connectivity index is 1.80. The Kier molecular flexibility index (Phi) is 5.02. The van der Waals surface area contributed by atoms with Crippen molar-refractivity contribution in [1.29, 1.82) is 0 Å². The van der Waals surface area contributed by atoms with Gasteiger partial charge in [-0.15, -0.1) is 0 Å². The lowest BCUT2D eigenvalue weighted by molar-refractivity contribution is -0.120. The summed E-state index contributed by atoms with van der Waals surface area (Å²) in [5.74, 6) is -1.69. The van der Waals surface area contributed by atoms with Crippen molar-refractivity contribution in [2.75, 3.05) is 17.3 Å². The van der Waals surface area contributed by atoms with E-state index in [1.165, 1.54) is 49.6 Å². The van der Waals surface area contributed by atoms with Crippen LogP contribution in [-0.2, 0) is 9.59 Å². The Morgan fingerprint density at radius 2 is 1.53 bits per heavy atom. The van der Waals surface area contributed by atoms with Gasteiger partial charge < -0.3 is 10.1 Å². The highest BCUT2D eigenvalue weighted by Crippen LogP contribution is 2.34. The quantitative estimate of drug-likeness (QED) is 0.640. The average Bonchev–Trinajstić information content (AvgIpc) is 2.99. The summed E-state index contributed by atoms with van der Waals surface area (Å²) in [6.45, 7) is 0. The first-order valence-corrected chi connectivity index (χ1v) is 9.03. The SMILES string of the molecule is COc1ccc(NC2=C(c3ccc(F)cc3)C(=O)N(c3cccc(F)c3)C2=O)cc1. The van der Waals surface area contributed by atoms with Crippen molar-refractivity contribution in [3.05, 3.63) is 95.7 Å². The first-order valence-electron chi connectivity index (χ1n) is 9.03. The fourth-order valence-electron chi connectivity index (χ4n) is 3.20. The molecule has 150 valence electrons. The maximum Gasteiger partial charge on any atom is 0.282 e. The van der Waals surface area contributed by atoms with E-state index in [0.717, 1.165) is 11.0 Å². The molecule has 30 heavy (non-hydrogen) atoms. The minimum atomic E-state index is -0.638. The summed E-state index contributed by atoms with van der Waals surface area (Å²) in [7, 11) is 1.54. The molecular formula is C23H16F2N2O3. The smallest absolute Gasteiger partial charge is 0.282 e. The second-order valence-electron chi connectivity index (χ2n) is 6.54. The summed E-state index contributed by atoms with van der Waals surface area (Å²) in [6, 6.07) is 17.2. The standard InChI is InChI=1S/C23H16F2N2O3/c1-30-19-11-9-17(10-12-19)26-21-20(14-5-7-15(24)8-6-14)22(28)27(23(21)29)18-4-2-3-16(25)13-18/h2-13,26H,1H3. The Labute approximate surface area is 171 Å². The number of carbonyl (C=O) groups excluding carboxylic acids is 2. The largest absolute Gasteiger partial charge is 0.497 e. The van der Waals surface area contributed by atoms with Crippen LogP contribution < -0.4 is 15.0 Å². The van der Waals surface area contributed by atoms with Crippen LogP contribution in [0.3, 0.4) is 0 Å². The van der Waals surface area contributed by atoms with Crippen molar-refractivity contribution >= 4 is 28.8 Å². The molecule has 0 saturated carbocycles. The van der Waals surface area contributed by atoms with Crippen molar-refractivity contribution in [1.82, 2.24) is 0 Å². The molecule has 3 aromatic rings. The van der Waals surface area contributed by atoms with E-state index >= 15 is 0 Å². The molecule has 0 fully saturated rings. The molecule has 0 aliphatic carbocycles. The number of hydrogen-bond acceptors (Lipinski definition) is 4. The number of nitrogens with zero attached hydrogens (tertiary/aromatic N) is 1. The number of carbonyl (C=O) groups is 2. The van der Waals surface area contributed by atoms with E-state index in [1.807, 2.05) is 0 Å². The lowest BCUT2D eigenvalue weighted by Crippen LogP contribution is -2.32. The van der Waals surface area contributed by atoms with Gasteiger partial charge in [0.1, 0.15) is 23.1 Å². The zero-order valence-corrected chi connectivity index (χ0v) is 15.9. The van der Waals surface area contributed by atoms with E-state index in [1.54, 1.807) is 24.3 Å². The topological polar surface area (TPSA) is 58.6 Å². The molecular weight excluding hydrogens is 390 g/mol. The van der Waals surface area contributed by atoms with E-state index in [-0.39, 0.29) is 17.0 Å². The number of hydrogen-bond donors (Lipinski definition) is 1. The monoisotopic (exact) mass is 406 g/mol. The third-order valence-electron chi connectivity index (χ3n) is 4.64. The summed E-state index contributed by atoms with van der Waals surface area (Å²) in [5, 5.41) is 2.97. The van der Waals surface area contributed by atoms with Crippen molar-refractivity contribution in [2.45, 2.75) is 0 Å². The Morgan fingerprint density at radius 1 is 0.833 bits per heavy atom. The van der Waals surface area contributed by atoms with Crippen LogP contribution in [0.2, 0.25) is 0 Å². The molecule has 0 atom stereocenters. The number of benzene rings is 3. The van der Waals surface area contributed by atoms with E-state index in [9.17, 15) is 18.4 Å². The highest BCUT2D eigenvalue weighted by molar-refractivity contribution is 6.46. The molecule has 3 aromatic carbocycles. The van der Waals surface area contributed by atoms with Crippen molar-refractivity contribution < 1.29 is 23.1 Å². The number of amides is 2. The molecule has 0 saturated heterocycles. The number of imide groups is 1. The molecule has 0 unspecified atom stereocenters. The van der Waals surface area contributed by atoms with Crippen LogP contribution in [0.1, 0.15) is 5.56 Å². The molecule has 2 amide bonds. The zero-order chi connectivity index (χ0) is 21.3. The number of rotatable bonds is 5. The van der Waals surface area contributed by atoms with Gasteiger partial charge in [-0.25, -0.2) is 13.7 Å². The third kappa shape index (κ3) is 3.53. The first-order chi connectivity index (χ1) is 14.5. The molecule has 0 radical (unpaired) electrons. The van der Waals surface area contributed by atoms with Gasteiger partial charge in [-0.05, 0) is 60.2 Å². The summed E-state index contributed by atoms with van der Waals surface area (Å²) in [6.07, 6.45) is 0. The number of methoxy groups -OCH3 is 1. The van der Waals surface area contributed by atoms with E-state index in [0.29, 0.717) is 17.0 Å².